The Bertz CT molecular complexity index is 584. The number of hydrogen-bond acceptors (Lipinski definition) is 3. The molecule has 3 N–H and O–H groups in total. The van der Waals surface area contributed by atoms with Crippen LogP contribution < -0.4 is 0 Å². The van der Waals surface area contributed by atoms with Gasteiger partial charge < -0.3 is 15.3 Å². The van der Waals surface area contributed by atoms with Crippen LogP contribution in [0, 0.1) is 23.2 Å². The van der Waals surface area contributed by atoms with Crippen LogP contribution in [0.3, 0.4) is 0 Å². The van der Waals surface area contributed by atoms with Crippen molar-refractivity contribution in [2.24, 2.45) is 23.2 Å². The Morgan fingerprint density at radius 2 is 2.05 bits per heavy atom. The molecule has 6 atom stereocenters. The molecule has 3 heteroatoms. The SMILES string of the molecule is C[C@]12CC[C@@H]3c4ccc(O)cc4CC(CO)[C@H]3[C@@H]1CCC2O. The van der Waals surface area contributed by atoms with Crippen molar-refractivity contribution in [3.8, 4) is 5.75 Å². The van der Waals surface area contributed by atoms with Gasteiger partial charge in [0.2, 0.25) is 0 Å². The fraction of sp³-hybridized carbons (Fsp3) is 0.684. The molecule has 1 aromatic carbocycles. The second-order valence-electron chi connectivity index (χ2n) is 7.96. The molecule has 3 aliphatic carbocycles. The molecule has 2 fully saturated rings. The van der Waals surface area contributed by atoms with E-state index in [1.165, 1.54) is 11.1 Å². The van der Waals surface area contributed by atoms with Gasteiger partial charge in [-0.1, -0.05) is 13.0 Å². The number of rotatable bonds is 1. The quantitative estimate of drug-likeness (QED) is 0.747. The van der Waals surface area contributed by atoms with Gasteiger partial charge >= 0.3 is 0 Å². The maximum absolute atomic E-state index is 10.5. The normalized spacial score (nSPS) is 43.3. The van der Waals surface area contributed by atoms with Gasteiger partial charge in [0.1, 0.15) is 5.75 Å². The number of aromatic hydroxyl groups is 1. The highest BCUT2D eigenvalue weighted by Gasteiger charge is 2.56. The van der Waals surface area contributed by atoms with E-state index in [0.29, 0.717) is 23.5 Å². The minimum Gasteiger partial charge on any atom is -0.508 e. The van der Waals surface area contributed by atoms with E-state index in [2.05, 4.69) is 13.0 Å². The number of benzene rings is 1. The summed E-state index contributed by atoms with van der Waals surface area (Å²) >= 11 is 0. The zero-order chi connectivity index (χ0) is 15.5. The molecule has 3 nitrogen and oxygen atoms in total. The second kappa shape index (κ2) is 4.97. The molecule has 2 saturated carbocycles. The van der Waals surface area contributed by atoms with Crippen LogP contribution in [0.25, 0.3) is 0 Å². The summed E-state index contributed by atoms with van der Waals surface area (Å²) in [4.78, 5) is 0. The first-order valence-electron chi connectivity index (χ1n) is 8.65. The number of hydrogen-bond donors (Lipinski definition) is 3. The fourth-order valence-electron chi connectivity index (χ4n) is 5.92. The minimum absolute atomic E-state index is 0.0308. The molecule has 0 saturated heterocycles. The Morgan fingerprint density at radius 1 is 1.23 bits per heavy atom. The first-order chi connectivity index (χ1) is 10.5. The predicted octanol–water partition coefficient (Wildman–Crippen LogP) is 2.83. The molecule has 0 amide bonds. The molecule has 1 aromatic rings. The molecule has 0 bridgehead atoms. The van der Waals surface area contributed by atoms with Gasteiger partial charge in [-0.15, -0.1) is 0 Å². The Labute approximate surface area is 132 Å². The molecule has 0 aromatic heterocycles. The number of aliphatic hydroxyl groups excluding tert-OH is 2. The lowest BCUT2D eigenvalue weighted by Crippen LogP contribution is -2.48. The highest BCUT2D eigenvalue weighted by atomic mass is 16.3. The van der Waals surface area contributed by atoms with Crippen LogP contribution >= 0.6 is 0 Å². The first kappa shape index (κ1) is 14.5. The van der Waals surface area contributed by atoms with E-state index >= 15 is 0 Å². The van der Waals surface area contributed by atoms with Gasteiger partial charge in [0.25, 0.3) is 0 Å². The summed E-state index contributed by atoms with van der Waals surface area (Å²) in [5.41, 5.74) is 2.61. The van der Waals surface area contributed by atoms with Crippen molar-refractivity contribution in [1.82, 2.24) is 0 Å². The van der Waals surface area contributed by atoms with E-state index in [4.69, 9.17) is 0 Å². The van der Waals surface area contributed by atoms with Crippen molar-refractivity contribution >= 4 is 0 Å². The lowest BCUT2D eigenvalue weighted by molar-refractivity contribution is -0.0459. The largest absolute Gasteiger partial charge is 0.508 e. The molecule has 120 valence electrons. The molecule has 22 heavy (non-hydrogen) atoms. The average Bonchev–Trinajstić information content (AvgIpc) is 2.81. The molecule has 0 heterocycles. The number of phenolic OH excluding ortho intramolecular Hbond substituents is 1. The van der Waals surface area contributed by atoms with Crippen molar-refractivity contribution in [2.45, 2.75) is 51.0 Å². The van der Waals surface area contributed by atoms with Gasteiger partial charge in [-0.2, -0.15) is 0 Å². The van der Waals surface area contributed by atoms with Gasteiger partial charge in [-0.3, -0.25) is 0 Å². The maximum Gasteiger partial charge on any atom is 0.115 e. The Hall–Kier alpha value is -1.06. The third-order valence-corrected chi connectivity index (χ3v) is 7.07. The zero-order valence-electron chi connectivity index (χ0n) is 13.2. The Balaban J connectivity index is 1.77. The van der Waals surface area contributed by atoms with Crippen LogP contribution in [0.4, 0.5) is 0 Å². The molecule has 3 aliphatic rings. The van der Waals surface area contributed by atoms with E-state index < -0.39 is 0 Å². The van der Waals surface area contributed by atoms with Crippen LogP contribution in [-0.2, 0) is 6.42 Å². The van der Waals surface area contributed by atoms with Crippen LogP contribution in [-0.4, -0.2) is 28.0 Å². The molecule has 0 aliphatic heterocycles. The standard InChI is InChI=1S/C19H26O3/c1-19-7-6-15-14-3-2-13(21)9-11(14)8-12(10-20)18(15)16(19)4-5-17(19)22/h2-3,9,12,15-18,20-22H,4-8,10H2,1H3/t12?,15-,16+,17?,18-,19+/m1/s1. The Kier molecular flexibility index (Phi) is 3.28. The van der Waals surface area contributed by atoms with Gasteiger partial charge in [-0.05, 0) is 84.5 Å². The van der Waals surface area contributed by atoms with Crippen molar-refractivity contribution in [2.75, 3.05) is 6.61 Å². The number of fused-ring (bicyclic) bond motifs is 5. The molecule has 0 spiro atoms. The monoisotopic (exact) mass is 302 g/mol. The molecular weight excluding hydrogens is 276 g/mol. The summed E-state index contributed by atoms with van der Waals surface area (Å²) in [6, 6.07) is 5.77. The third kappa shape index (κ3) is 1.88. The number of aliphatic hydroxyl groups is 2. The van der Waals surface area contributed by atoms with Crippen molar-refractivity contribution in [3.63, 3.8) is 0 Å². The first-order valence-corrected chi connectivity index (χ1v) is 8.65. The molecule has 2 unspecified atom stereocenters. The summed E-state index contributed by atoms with van der Waals surface area (Å²) in [5.74, 6) is 2.04. The highest BCUT2D eigenvalue weighted by molar-refractivity contribution is 5.40. The van der Waals surface area contributed by atoms with E-state index in [0.717, 1.165) is 32.1 Å². The Morgan fingerprint density at radius 3 is 2.82 bits per heavy atom. The van der Waals surface area contributed by atoms with Crippen molar-refractivity contribution in [1.29, 1.82) is 0 Å². The van der Waals surface area contributed by atoms with Gasteiger partial charge in [0, 0.05) is 6.61 Å². The average molecular weight is 302 g/mol. The van der Waals surface area contributed by atoms with E-state index in [1.54, 1.807) is 6.07 Å². The molecule has 4 rings (SSSR count). The van der Waals surface area contributed by atoms with E-state index in [1.807, 2.05) is 6.07 Å². The lowest BCUT2D eigenvalue weighted by Gasteiger charge is -2.52. The number of phenols is 1. The van der Waals surface area contributed by atoms with Crippen LogP contribution in [0.5, 0.6) is 5.75 Å². The van der Waals surface area contributed by atoms with Crippen LogP contribution in [0.1, 0.15) is 49.7 Å². The summed E-state index contributed by atoms with van der Waals surface area (Å²) in [6.45, 7) is 2.46. The van der Waals surface area contributed by atoms with Crippen molar-refractivity contribution in [3.05, 3.63) is 29.3 Å². The van der Waals surface area contributed by atoms with E-state index in [-0.39, 0.29) is 24.0 Å². The summed E-state index contributed by atoms with van der Waals surface area (Å²) in [5, 5.41) is 30.2. The topological polar surface area (TPSA) is 60.7 Å². The fourth-order valence-corrected chi connectivity index (χ4v) is 5.92. The van der Waals surface area contributed by atoms with Crippen LogP contribution in [0.15, 0.2) is 18.2 Å². The second-order valence-corrected chi connectivity index (χ2v) is 7.96. The van der Waals surface area contributed by atoms with Crippen LogP contribution in [0.2, 0.25) is 0 Å². The predicted molar refractivity (Wildman–Crippen MR) is 84.7 cm³/mol. The van der Waals surface area contributed by atoms with Gasteiger partial charge in [-0.25, -0.2) is 0 Å². The minimum atomic E-state index is -0.181. The van der Waals surface area contributed by atoms with Gasteiger partial charge in [0.05, 0.1) is 6.10 Å². The molecule has 0 radical (unpaired) electrons. The highest BCUT2D eigenvalue weighted by Crippen LogP contribution is 2.62. The van der Waals surface area contributed by atoms with Gasteiger partial charge in [0.15, 0.2) is 0 Å². The summed E-state index contributed by atoms with van der Waals surface area (Å²) in [6.07, 6.45) is 4.82. The third-order valence-electron chi connectivity index (χ3n) is 7.07. The summed E-state index contributed by atoms with van der Waals surface area (Å²) < 4.78 is 0. The van der Waals surface area contributed by atoms with E-state index in [9.17, 15) is 15.3 Å². The lowest BCUT2D eigenvalue weighted by atomic mass is 9.52. The molecular formula is C19H26O3. The smallest absolute Gasteiger partial charge is 0.115 e. The maximum atomic E-state index is 10.5. The zero-order valence-corrected chi connectivity index (χ0v) is 13.2. The van der Waals surface area contributed by atoms with Crippen molar-refractivity contribution < 1.29 is 15.3 Å². The summed E-state index contributed by atoms with van der Waals surface area (Å²) in [7, 11) is 0.